The number of piperazine rings is 1. The highest BCUT2D eigenvalue weighted by atomic mass is 35.5. The molecule has 3 fully saturated rings. The van der Waals surface area contributed by atoms with Crippen molar-refractivity contribution in [2.45, 2.75) is 63.4 Å². The first-order valence-electron chi connectivity index (χ1n) is 12.7. The fourth-order valence-electron chi connectivity index (χ4n) is 5.30. The molecule has 14 heteroatoms. The number of rotatable bonds is 6. The molecule has 2 saturated heterocycles. The molecule has 1 aromatic carbocycles. The molecule has 3 aliphatic rings. The topological polar surface area (TPSA) is 136 Å². The summed E-state index contributed by atoms with van der Waals surface area (Å²) >= 11 is 5.72. The maximum Gasteiger partial charge on any atom is 0.417 e. The molecule has 5 amide bonds. The summed E-state index contributed by atoms with van der Waals surface area (Å²) in [6, 6.07) is -0.273. The van der Waals surface area contributed by atoms with Crippen LogP contribution >= 0.6 is 11.6 Å². The summed E-state index contributed by atoms with van der Waals surface area (Å²) in [7, 11) is 0. The SMILES string of the molecule is CC1C(=O)N(CCCC(=O)N2CCC3(CC3)[C@H](O)C2)C(C(N)=O)CN1C(=O)Nc1ccc(C(F)(F)F)c(Cl)c1. The Hall–Kier alpha value is -3.06. The quantitative estimate of drug-likeness (QED) is 0.480. The number of piperidine rings is 1. The summed E-state index contributed by atoms with van der Waals surface area (Å²) < 4.78 is 38.9. The Morgan fingerprint density at radius 2 is 1.90 bits per heavy atom. The highest BCUT2D eigenvalue weighted by Gasteiger charge is 2.51. The predicted octanol–water partition coefficient (Wildman–Crippen LogP) is 2.43. The summed E-state index contributed by atoms with van der Waals surface area (Å²) in [5.74, 6) is -1.54. The highest BCUT2D eigenvalue weighted by Crippen LogP contribution is 2.53. The number of hydrogen-bond donors (Lipinski definition) is 3. The lowest BCUT2D eigenvalue weighted by atomic mass is 9.90. The van der Waals surface area contributed by atoms with Crippen molar-refractivity contribution in [2.75, 3.05) is 31.5 Å². The Morgan fingerprint density at radius 1 is 1.21 bits per heavy atom. The van der Waals surface area contributed by atoms with E-state index in [-0.39, 0.29) is 49.5 Å². The van der Waals surface area contributed by atoms with Crippen molar-refractivity contribution < 1.29 is 37.5 Å². The lowest BCUT2D eigenvalue weighted by Gasteiger charge is -2.43. The Bertz CT molecular complexity index is 1160. The van der Waals surface area contributed by atoms with Gasteiger partial charge in [-0.05, 0) is 56.2 Å². The van der Waals surface area contributed by atoms with Crippen molar-refractivity contribution >= 4 is 41.0 Å². The molecule has 0 bridgehead atoms. The number of carbonyl (C=O) groups excluding carboxylic acids is 4. The van der Waals surface area contributed by atoms with Crippen LogP contribution in [0.4, 0.5) is 23.7 Å². The van der Waals surface area contributed by atoms with Gasteiger partial charge in [-0.1, -0.05) is 11.6 Å². The second kappa shape index (κ2) is 10.8. The van der Waals surface area contributed by atoms with Gasteiger partial charge in [-0.2, -0.15) is 13.2 Å². The summed E-state index contributed by atoms with van der Waals surface area (Å²) in [5, 5.41) is 12.1. The predicted molar refractivity (Wildman–Crippen MR) is 134 cm³/mol. The Morgan fingerprint density at radius 3 is 2.46 bits per heavy atom. The van der Waals surface area contributed by atoms with Crippen molar-refractivity contribution in [2.24, 2.45) is 11.1 Å². The van der Waals surface area contributed by atoms with Crippen LogP contribution in [0.5, 0.6) is 0 Å². The zero-order chi connectivity index (χ0) is 28.7. The van der Waals surface area contributed by atoms with Crippen LogP contribution in [0.3, 0.4) is 0 Å². The van der Waals surface area contributed by atoms with Gasteiger partial charge >= 0.3 is 12.2 Å². The van der Waals surface area contributed by atoms with Gasteiger partial charge in [0.1, 0.15) is 12.1 Å². The third kappa shape index (κ3) is 6.08. The van der Waals surface area contributed by atoms with E-state index in [2.05, 4.69) is 5.32 Å². The van der Waals surface area contributed by atoms with E-state index in [0.717, 1.165) is 42.4 Å². The number of amides is 5. The van der Waals surface area contributed by atoms with E-state index in [1.807, 2.05) is 0 Å². The van der Waals surface area contributed by atoms with Gasteiger partial charge < -0.3 is 30.9 Å². The number of halogens is 4. The molecule has 39 heavy (non-hydrogen) atoms. The van der Waals surface area contributed by atoms with E-state index < -0.39 is 52.8 Å². The molecule has 2 heterocycles. The molecule has 4 rings (SSSR count). The van der Waals surface area contributed by atoms with Gasteiger partial charge in [-0.15, -0.1) is 0 Å². The average molecular weight is 574 g/mol. The second-order valence-corrected chi connectivity index (χ2v) is 10.9. The van der Waals surface area contributed by atoms with Crippen molar-refractivity contribution in [3.63, 3.8) is 0 Å². The van der Waals surface area contributed by atoms with E-state index in [1.165, 1.54) is 11.8 Å². The lowest BCUT2D eigenvalue weighted by Crippen LogP contribution is -2.66. The van der Waals surface area contributed by atoms with E-state index in [9.17, 15) is 37.5 Å². The summed E-state index contributed by atoms with van der Waals surface area (Å²) in [6.07, 6.45) is -2.10. The number of nitrogens with two attached hydrogens (primary N) is 1. The second-order valence-electron chi connectivity index (χ2n) is 10.5. The number of primary amides is 1. The minimum Gasteiger partial charge on any atom is -0.391 e. The van der Waals surface area contributed by atoms with Crippen LogP contribution in [0.2, 0.25) is 5.02 Å². The van der Waals surface area contributed by atoms with E-state index in [4.69, 9.17) is 17.3 Å². The van der Waals surface area contributed by atoms with Gasteiger partial charge in [0.15, 0.2) is 0 Å². The maximum absolute atomic E-state index is 13.1. The molecule has 0 radical (unpaired) electrons. The van der Waals surface area contributed by atoms with E-state index in [0.29, 0.717) is 6.54 Å². The van der Waals surface area contributed by atoms with Gasteiger partial charge in [0.05, 0.1) is 23.2 Å². The number of likely N-dealkylation sites (tertiary alicyclic amines) is 1. The fourth-order valence-corrected chi connectivity index (χ4v) is 5.59. The molecule has 2 unspecified atom stereocenters. The number of anilines is 1. The number of aliphatic hydroxyl groups is 1. The molecule has 0 aromatic heterocycles. The Balaban J connectivity index is 1.35. The van der Waals surface area contributed by atoms with E-state index in [1.54, 1.807) is 4.90 Å². The number of carbonyl (C=O) groups is 4. The number of urea groups is 1. The maximum atomic E-state index is 13.1. The number of nitrogens with one attached hydrogen (secondary N) is 1. The normalized spacial score (nSPS) is 24.6. The zero-order valence-corrected chi connectivity index (χ0v) is 22.1. The summed E-state index contributed by atoms with van der Waals surface area (Å²) in [4.78, 5) is 54.9. The first-order chi connectivity index (χ1) is 18.2. The number of aliphatic hydroxyl groups excluding tert-OH is 1. The molecule has 3 atom stereocenters. The first kappa shape index (κ1) is 28.9. The van der Waals surface area contributed by atoms with Crippen molar-refractivity contribution in [3.05, 3.63) is 28.8 Å². The van der Waals surface area contributed by atoms with Crippen molar-refractivity contribution in [1.82, 2.24) is 14.7 Å². The molecule has 10 nitrogen and oxygen atoms in total. The van der Waals surface area contributed by atoms with Crippen LogP contribution in [-0.2, 0) is 20.6 Å². The largest absolute Gasteiger partial charge is 0.417 e. The average Bonchev–Trinajstić information content (AvgIpc) is 3.63. The molecular formula is C25H31ClF3N5O5. The number of β-amino-alcohol motifs (C(OH)–C–C–N with tert-alkyl or cyclic N) is 1. The third-order valence-electron chi connectivity index (χ3n) is 7.98. The molecule has 214 valence electrons. The van der Waals surface area contributed by atoms with Crippen LogP contribution in [0, 0.1) is 5.41 Å². The molecule has 2 aliphatic heterocycles. The Kier molecular flexibility index (Phi) is 8.04. The number of nitrogens with zero attached hydrogens (tertiary/aromatic N) is 3. The van der Waals surface area contributed by atoms with Gasteiger partial charge in [0, 0.05) is 31.7 Å². The van der Waals surface area contributed by atoms with E-state index >= 15 is 0 Å². The highest BCUT2D eigenvalue weighted by molar-refractivity contribution is 6.31. The summed E-state index contributed by atoms with van der Waals surface area (Å²) in [6.45, 7) is 2.15. The van der Waals surface area contributed by atoms with Crippen LogP contribution in [0.25, 0.3) is 0 Å². The monoisotopic (exact) mass is 573 g/mol. The fraction of sp³-hybridized carbons (Fsp3) is 0.600. The van der Waals surface area contributed by atoms with Crippen LogP contribution in [0.1, 0.15) is 44.6 Å². The molecule has 1 aliphatic carbocycles. The van der Waals surface area contributed by atoms with Crippen LogP contribution in [0.15, 0.2) is 18.2 Å². The third-order valence-corrected chi connectivity index (χ3v) is 8.30. The molecule has 4 N–H and O–H groups in total. The Labute approximate surface area is 228 Å². The lowest BCUT2D eigenvalue weighted by molar-refractivity contribution is -0.148. The zero-order valence-electron chi connectivity index (χ0n) is 21.3. The summed E-state index contributed by atoms with van der Waals surface area (Å²) in [5.41, 5.74) is 4.42. The van der Waals surface area contributed by atoms with Gasteiger partial charge in [0.25, 0.3) is 0 Å². The molecule has 1 spiro atoms. The van der Waals surface area contributed by atoms with Crippen molar-refractivity contribution in [1.29, 1.82) is 0 Å². The molecule has 1 aromatic rings. The molecule has 1 saturated carbocycles. The number of benzene rings is 1. The molecular weight excluding hydrogens is 543 g/mol. The van der Waals surface area contributed by atoms with Crippen LogP contribution in [-0.4, -0.2) is 87.9 Å². The van der Waals surface area contributed by atoms with Gasteiger partial charge in [-0.3, -0.25) is 14.4 Å². The van der Waals surface area contributed by atoms with Gasteiger partial charge in [-0.25, -0.2) is 4.79 Å². The minimum atomic E-state index is -4.66. The van der Waals surface area contributed by atoms with Gasteiger partial charge in [0.2, 0.25) is 17.7 Å². The van der Waals surface area contributed by atoms with Crippen LogP contribution < -0.4 is 11.1 Å². The number of alkyl halides is 3. The van der Waals surface area contributed by atoms with Crippen molar-refractivity contribution in [3.8, 4) is 0 Å². The first-order valence-corrected chi connectivity index (χ1v) is 13.1. The number of hydrogen-bond acceptors (Lipinski definition) is 5. The smallest absolute Gasteiger partial charge is 0.391 e. The minimum absolute atomic E-state index is 0.0235. The standard InChI is InChI=1S/C25H31ClF3N5O5/c1-14-22(38)33(9-2-3-20(36)32-10-8-24(6-7-24)19(35)13-32)18(21(30)37)12-34(14)23(39)31-15-4-5-16(17(26)11-15)25(27,28)29/h4-5,11,14,18-19,35H,2-3,6-10,12-13H2,1H3,(H2,30,37)(H,31,39)/t14?,18?,19-/m1/s1.